The number of amides is 1. The second kappa shape index (κ2) is 6.23. The Balaban J connectivity index is 1.90. The Morgan fingerprint density at radius 3 is 2.89 bits per heavy atom. The Hall–Kier alpha value is -1.03. The zero-order valence-corrected chi connectivity index (χ0v) is 12.1. The Kier molecular flexibility index (Phi) is 4.64. The third-order valence-corrected chi connectivity index (χ3v) is 4.17. The normalized spacial score (nSPS) is 15.0. The first-order valence-corrected chi connectivity index (χ1v) is 7.11. The number of nitrogens with one attached hydrogen (secondary N) is 1. The van der Waals surface area contributed by atoms with Crippen molar-refractivity contribution in [1.82, 2.24) is 5.32 Å². The molecule has 0 saturated heterocycles. The van der Waals surface area contributed by atoms with E-state index < -0.39 is 0 Å². The summed E-state index contributed by atoms with van der Waals surface area (Å²) in [5.74, 6) is 1.47. The number of carbonyl (C=O) groups is 1. The molecule has 1 saturated carbocycles. The van der Waals surface area contributed by atoms with Crippen LogP contribution in [0.1, 0.15) is 36.0 Å². The molecule has 98 valence electrons. The van der Waals surface area contributed by atoms with E-state index >= 15 is 0 Å². The van der Waals surface area contributed by atoms with Gasteiger partial charge in [-0.1, -0.05) is 19.3 Å². The molecule has 1 aliphatic carbocycles. The maximum absolute atomic E-state index is 12.0. The first-order valence-electron chi connectivity index (χ1n) is 6.32. The molecule has 3 nitrogen and oxygen atoms in total. The van der Waals surface area contributed by atoms with Crippen molar-refractivity contribution >= 4 is 21.8 Å². The molecule has 18 heavy (non-hydrogen) atoms. The van der Waals surface area contributed by atoms with Crippen molar-refractivity contribution in [3.63, 3.8) is 0 Å². The highest BCUT2D eigenvalue weighted by Gasteiger charge is 2.17. The van der Waals surface area contributed by atoms with Crippen molar-refractivity contribution in [3.05, 3.63) is 28.2 Å². The van der Waals surface area contributed by atoms with Gasteiger partial charge in [0.15, 0.2) is 0 Å². The molecule has 1 amide bonds. The van der Waals surface area contributed by atoms with Crippen LogP contribution in [0.3, 0.4) is 0 Å². The number of carbonyl (C=O) groups excluding carboxylic acids is 1. The van der Waals surface area contributed by atoms with Gasteiger partial charge in [0.05, 0.1) is 12.7 Å². The van der Waals surface area contributed by atoms with Gasteiger partial charge in [-0.15, -0.1) is 0 Å². The molecule has 0 radical (unpaired) electrons. The molecule has 0 atom stereocenters. The summed E-state index contributed by atoms with van der Waals surface area (Å²) in [6.07, 6.45) is 5.07. The summed E-state index contributed by atoms with van der Waals surface area (Å²) in [6.45, 7) is 0.757. The van der Waals surface area contributed by atoms with E-state index in [1.54, 1.807) is 13.2 Å². The Morgan fingerprint density at radius 1 is 1.50 bits per heavy atom. The van der Waals surface area contributed by atoms with Crippen LogP contribution in [0.25, 0.3) is 0 Å². The second-order valence-corrected chi connectivity index (χ2v) is 5.54. The molecule has 0 spiro atoms. The van der Waals surface area contributed by atoms with Crippen molar-refractivity contribution in [3.8, 4) is 5.75 Å². The third-order valence-electron chi connectivity index (χ3n) is 3.48. The Morgan fingerprint density at radius 2 is 2.28 bits per heavy atom. The zero-order chi connectivity index (χ0) is 13.0. The van der Waals surface area contributed by atoms with E-state index in [1.165, 1.54) is 19.3 Å². The molecule has 0 aromatic heterocycles. The number of methoxy groups -OCH3 is 1. The summed E-state index contributed by atoms with van der Waals surface area (Å²) in [5, 5.41) is 2.97. The lowest BCUT2D eigenvalue weighted by Crippen LogP contribution is -2.27. The topological polar surface area (TPSA) is 38.3 Å². The highest BCUT2D eigenvalue weighted by atomic mass is 79.9. The number of rotatable bonds is 5. The standard InChI is InChI=1S/C14H18BrNO2/c1-18-11-5-6-13(15)12(9-11)14(17)16-8-7-10-3-2-4-10/h5-6,9-10H,2-4,7-8H2,1H3,(H,16,17). The Bertz CT molecular complexity index is 430. The summed E-state index contributed by atoms with van der Waals surface area (Å²) in [7, 11) is 1.60. The fourth-order valence-electron chi connectivity index (χ4n) is 2.07. The average molecular weight is 312 g/mol. The third kappa shape index (κ3) is 3.25. The van der Waals surface area contributed by atoms with E-state index in [-0.39, 0.29) is 5.91 Å². The molecule has 4 heteroatoms. The van der Waals surface area contributed by atoms with Crippen LogP contribution in [0.5, 0.6) is 5.75 Å². The van der Waals surface area contributed by atoms with Crippen LogP contribution < -0.4 is 10.1 Å². The predicted molar refractivity (Wildman–Crippen MR) is 75.0 cm³/mol. The number of benzene rings is 1. The molecule has 0 aliphatic heterocycles. The summed E-state index contributed by atoms with van der Waals surface area (Å²) in [6, 6.07) is 5.41. The van der Waals surface area contributed by atoms with Crippen molar-refractivity contribution in [2.75, 3.05) is 13.7 Å². The van der Waals surface area contributed by atoms with Gasteiger partial charge in [0.25, 0.3) is 5.91 Å². The van der Waals surface area contributed by atoms with E-state index in [0.717, 1.165) is 23.4 Å². The van der Waals surface area contributed by atoms with Gasteiger partial charge in [-0.2, -0.15) is 0 Å². The number of ether oxygens (including phenoxy) is 1. The van der Waals surface area contributed by atoms with Crippen LogP contribution in [0.4, 0.5) is 0 Å². The first-order chi connectivity index (χ1) is 8.70. The molecule has 0 unspecified atom stereocenters. The van der Waals surface area contributed by atoms with Crippen molar-refractivity contribution in [2.45, 2.75) is 25.7 Å². The van der Waals surface area contributed by atoms with Crippen LogP contribution in [0.2, 0.25) is 0 Å². The fourth-order valence-corrected chi connectivity index (χ4v) is 2.50. The van der Waals surface area contributed by atoms with E-state index in [0.29, 0.717) is 11.3 Å². The minimum atomic E-state index is -0.0416. The van der Waals surface area contributed by atoms with Crippen molar-refractivity contribution in [1.29, 1.82) is 0 Å². The lowest BCUT2D eigenvalue weighted by atomic mass is 9.83. The molecule has 0 bridgehead atoms. The maximum atomic E-state index is 12.0. The second-order valence-electron chi connectivity index (χ2n) is 4.69. The lowest BCUT2D eigenvalue weighted by molar-refractivity contribution is 0.0948. The van der Waals surface area contributed by atoms with E-state index in [9.17, 15) is 4.79 Å². The molecular formula is C14H18BrNO2. The summed E-state index contributed by atoms with van der Waals surface area (Å²) >= 11 is 3.39. The molecule has 0 heterocycles. The van der Waals surface area contributed by atoms with Gasteiger partial charge >= 0.3 is 0 Å². The Labute approximate surface area is 116 Å². The van der Waals surface area contributed by atoms with Gasteiger partial charge in [-0.05, 0) is 46.5 Å². The maximum Gasteiger partial charge on any atom is 0.252 e. The number of hydrogen-bond donors (Lipinski definition) is 1. The number of hydrogen-bond acceptors (Lipinski definition) is 2. The van der Waals surface area contributed by atoms with E-state index in [2.05, 4.69) is 21.2 Å². The van der Waals surface area contributed by atoms with E-state index in [1.807, 2.05) is 12.1 Å². The molecule has 2 rings (SSSR count). The average Bonchev–Trinajstić information content (AvgIpc) is 2.32. The molecule has 1 aliphatic rings. The van der Waals surface area contributed by atoms with Gasteiger partial charge in [-0.25, -0.2) is 0 Å². The molecule has 1 N–H and O–H groups in total. The zero-order valence-electron chi connectivity index (χ0n) is 10.5. The highest BCUT2D eigenvalue weighted by molar-refractivity contribution is 9.10. The molecule has 1 fully saturated rings. The monoisotopic (exact) mass is 311 g/mol. The van der Waals surface area contributed by atoms with Gasteiger partial charge < -0.3 is 10.1 Å². The number of halogens is 1. The largest absolute Gasteiger partial charge is 0.497 e. The molecule has 1 aromatic carbocycles. The SMILES string of the molecule is COc1ccc(Br)c(C(=O)NCCC2CCC2)c1. The fraction of sp³-hybridized carbons (Fsp3) is 0.500. The van der Waals surface area contributed by atoms with Crippen LogP contribution in [0, 0.1) is 5.92 Å². The highest BCUT2D eigenvalue weighted by Crippen LogP contribution is 2.29. The minimum absolute atomic E-state index is 0.0416. The van der Waals surface area contributed by atoms with E-state index in [4.69, 9.17) is 4.74 Å². The molecular weight excluding hydrogens is 294 g/mol. The predicted octanol–water partition coefficient (Wildman–Crippen LogP) is 3.38. The minimum Gasteiger partial charge on any atom is -0.497 e. The van der Waals surface area contributed by atoms with Crippen LogP contribution >= 0.6 is 15.9 Å². The van der Waals surface area contributed by atoms with Crippen molar-refractivity contribution in [2.24, 2.45) is 5.92 Å². The van der Waals surface area contributed by atoms with Crippen molar-refractivity contribution < 1.29 is 9.53 Å². The molecule has 1 aromatic rings. The summed E-state index contributed by atoms with van der Waals surface area (Å²) < 4.78 is 5.92. The van der Waals surface area contributed by atoms with Crippen LogP contribution in [-0.4, -0.2) is 19.6 Å². The van der Waals surface area contributed by atoms with Gasteiger partial charge in [0.2, 0.25) is 0 Å². The van der Waals surface area contributed by atoms with Gasteiger partial charge in [-0.3, -0.25) is 4.79 Å². The quantitative estimate of drug-likeness (QED) is 0.905. The first kappa shape index (κ1) is 13.4. The van der Waals surface area contributed by atoms with Gasteiger partial charge in [0, 0.05) is 11.0 Å². The lowest BCUT2D eigenvalue weighted by Gasteiger charge is -2.25. The summed E-state index contributed by atoms with van der Waals surface area (Å²) in [4.78, 5) is 12.0. The van der Waals surface area contributed by atoms with Crippen LogP contribution in [0.15, 0.2) is 22.7 Å². The van der Waals surface area contributed by atoms with Gasteiger partial charge in [0.1, 0.15) is 5.75 Å². The summed E-state index contributed by atoms with van der Waals surface area (Å²) in [5.41, 5.74) is 0.628. The van der Waals surface area contributed by atoms with Crippen LogP contribution in [-0.2, 0) is 0 Å². The smallest absolute Gasteiger partial charge is 0.252 e.